The highest BCUT2D eigenvalue weighted by Crippen LogP contribution is 2.52. The van der Waals surface area contributed by atoms with Crippen LogP contribution in [0.3, 0.4) is 0 Å². The minimum atomic E-state index is -4.65. The molecule has 4 N–H and O–H groups in total. The molecule has 0 aromatic heterocycles. The Kier molecular flexibility index (Phi) is 15.8. The lowest BCUT2D eigenvalue weighted by Gasteiger charge is -2.27. The number of carbonyl (C=O) groups excluding carboxylic acids is 3. The standard InChI is InChI=1S/C54H57N3O16S4/c1-53(2)46(55(30-10-32-74(61,62)63)42-24-22-38-40(51(42)53)15-8-17-44(38)76(67,68)69)26-20-36(37-14-7-13-35(34-37)12-5-6-19-50(60)73-57-48(58)28-29-49(57)59)21-27-47-54(3,4)52-41-16-9-18-45(77(70,71)72)39(41)23-25-43(52)56(47)31-11-33-75(64,65)66/h7-9,13-18,20-27,34H,5-6,10-12,19,28-33H2,1-4H3,(H3-,61,62,63,64,65,66,67,68,69,70,71,72)/p+1. The van der Waals surface area contributed by atoms with Gasteiger partial charge in [-0.1, -0.05) is 74.5 Å². The second kappa shape index (κ2) is 21.4. The van der Waals surface area contributed by atoms with E-state index in [0.29, 0.717) is 80.1 Å². The Bertz CT molecular complexity index is 3860. The molecule has 0 atom stereocenters. The maximum atomic E-state index is 12.6. The third-order valence-corrected chi connectivity index (χ3v) is 17.6. The molecule has 3 aliphatic rings. The van der Waals surface area contributed by atoms with E-state index in [-0.39, 0.29) is 65.8 Å². The van der Waals surface area contributed by atoms with Crippen LogP contribution in [0.25, 0.3) is 27.1 Å². The van der Waals surface area contributed by atoms with E-state index in [9.17, 15) is 66.3 Å². The average molecular weight is 1130 g/mol. The van der Waals surface area contributed by atoms with E-state index < -0.39 is 80.6 Å². The van der Waals surface area contributed by atoms with Gasteiger partial charge < -0.3 is 9.74 Å². The minimum absolute atomic E-state index is 0.00131. The monoisotopic (exact) mass is 1130 g/mol. The van der Waals surface area contributed by atoms with Crippen molar-refractivity contribution < 1.29 is 75.7 Å². The van der Waals surface area contributed by atoms with Crippen molar-refractivity contribution in [2.45, 2.75) is 99.7 Å². The van der Waals surface area contributed by atoms with Gasteiger partial charge in [-0.15, -0.1) is 5.06 Å². The molecule has 19 nitrogen and oxygen atoms in total. The number of amides is 2. The van der Waals surface area contributed by atoms with Gasteiger partial charge in [0.15, 0.2) is 5.71 Å². The van der Waals surface area contributed by atoms with Crippen molar-refractivity contribution in [3.8, 4) is 0 Å². The fourth-order valence-electron chi connectivity index (χ4n) is 10.8. The Hall–Kier alpha value is -6.44. The number of nitrogens with zero attached hydrogens (tertiary/aromatic N) is 3. The summed E-state index contributed by atoms with van der Waals surface area (Å²) < 4.78 is 140. The molecule has 0 spiro atoms. The second-order valence-corrected chi connectivity index (χ2v) is 26.2. The summed E-state index contributed by atoms with van der Waals surface area (Å²) in [7, 11) is -18.0. The molecule has 8 rings (SSSR count). The van der Waals surface area contributed by atoms with Gasteiger partial charge in [-0.2, -0.15) is 38.2 Å². The van der Waals surface area contributed by atoms with Crippen molar-refractivity contribution in [2.24, 2.45) is 0 Å². The van der Waals surface area contributed by atoms with Crippen LogP contribution in [-0.4, -0.2) is 110 Å². The summed E-state index contributed by atoms with van der Waals surface area (Å²) in [6.07, 6.45) is 8.77. The summed E-state index contributed by atoms with van der Waals surface area (Å²) in [5.74, 6) is -2.96. The van der Waals surface area contributed by atoms with Crippen molar-refractivity contribution in [1.29, 1.82) is 0 Å². The van der Waals surface area contributed by atoms with Crippen LogP contribution >= 0.6 is 0 Å². The Balaban J connectivity index is 1.25. The molecule has 1 saturated heterocycles. The van der Waals surface area contributed by atoms with E-state index in [2.05, 4.69) is 0 Å². The van der Waals surface area contributed by atoms with Gasteiger partial charge >= 0.3 is 5.97 Å². The first-order chi connectivity index (χ1) is 36.0. The molecule has 408 valence electrons. The van der Waals surface area contributed by atoms with Gasteiger partial charge in [-0.3, -0.25) is 27.8 Å². The van der Waals surface area contributed by atoms with Crippen LogP contribution in [0.15, 0.2) is 125 Å². The number of benzene rings is 5. The maximum Gasteiger partial charge on any atom is 0.333 e. The molecule has 1 fully saturated rings. The van der Waals surface area contributed by atoms with E-state index in [1.165, 1.54) is 24.3 Å². The van der Waals surface area contributed by atoms with E-state index in [1.807, 2.05) is 85.7 Å². The number of carbonyl (C=O) groups is 3. The zero-order valence-corrected chi connectivity index (χ0v) is 45.8. The topological polar surface area (TPSA) is 287 Å². The molecule has 0 unspecified atom stereocenters. The molecule has 0 radical (unpaired) electrons. The molecule has 0 aliphatic carbocycles. The minimum Gasteiger partial charge on any atom is -0.344 e. The van der Waals surface area contributed by atoms with Crippen LogP contribution in [0.1, 0.15) is 94.9 Å². The van der Waals surface area contributed by atoms with Gasteiger partial charge in [-0.25, -0.2) is 4.79 Å². The SMILES string of the molecule is CC1(C)C(=CC=C(C=CC2=[N+](CCCS(=O)(=O)O)c3ccc4c(S(=O)(=O)O)cccc4c3C2(C)C)c2cccc(CCCCC(=O)ON3C(=O)CCC3=O)c2)N(CCCS(=O)(=O)O)c2ccc3c(S(=O)(=O)O)cccc3c21. The summed E-state index contributed by atoms with van der Waals surface area (Å²) in [5, 5.41) is 2.10. The number of rotatable bonds is 20. The lowest BCUT2D eigenvalue weighted by atomic mass is 9.79. The van der Waals surface area contributed by atoms with E-state index in [4.69, 9.17) is 4.84 Å². The predicted molar refractivity (Wildman–Crippen MR) is 289 cm³/mol. The zero-order chi connectivity index (χ0) is 56.0. The van der Waals surface area contributed by atoms with Crippen LogP contribution in [0.4, 0.5) is 11.4 Å². The fraction of sp³-hybridized carbons (Fsp3) is 0.333. The van der Waals surface area contributed by atoms with Crippen LogP contribution < -0.4 is 4.90 Å². The van der Waals surface area contributed by atoms with E-state index >= 15 is 0 Å². The Morgan fingerprint density at radius 3 is 1.87 bits per heavy atom. The van der Waals surface area contributed by atoms with Gasteiger partial charge in [0.1, 0.15) is 16.3 Å². The van der Waals surface area contributed by atoms with Crippen molar-refractivity contribution in [2.75, 3.05) is 29.5 Å². The Morgan fingerprint density at radius 1 is 0.675 bits per heavy atom. The van der Waals surface area contributed by atoms with Gasteiger partial charge in [-0.05, 0) is 109 Å². The summed E-state index contributed by atoms with van der Waals surface area (Å²) in [6, 6.07) is 23.3. The van der Waals surface area contributed by atoms with Crippen molar-refractivity contribution in [3.63, 3.8) is 0 Å². The van der Waals surface area contributed by atoms with Gasteiger partial charge in [0.05, 0.1) is 16.9 Å². The summed E-state index contributed by atoms with van der Waals surface area (Å²) >= 11 is 0. The Labute approximate surface area is 447 Å². The number of allylic oxidation sites excluding steroid dienone is 6. The van der Waals surface area contributed by atoms with Crippen LogP contribution in [-0.2, 0) is 76.9 Å². The third kappa shape index (κ3) is 12.2. The number of hydroxylamine groups is 2. The number of anilines is 1. The maximum absolute atomic E-state index is 12.6. The molecule has 5 aromatic rings. The number of aryl methyl sites for hydroxylation is 1. The van der Waals surface area contributed by atoms with Gasteiger partial charge in [0.2, 0.25) is 5.69 Å². The molecule has 3 heterocycles. The number of hydrogen-bond acceptors (Lipinski definition) is 13. The van der Waals surface area contributed by atoms with Crippen molar-refractivity contribution >= 4 is 102 Å². The molecule has 3 aliphatic heterocycles. The highest BCUT2D eigenvalue weighted by molar-refractivity contribution is 7.86. The number of unbranched alkanes of at least 4 members (excludes halogenated alkanes) is 1. The van der Waals surface area contributed by atoms with Crippen molar-refractivity contribution in [1.82, 2.24) is 5.06 Å². The normalized spacial score (nSPS) is 17.4. The first kappa shape index (κ1) is 56.8. The quantitative estimate of drug-likeness (QED) is 0.0188. The summed E-state index contributed by atoms with van der Waals surface area (Å²) in [4.78, 5) is 42.9. The highest BCUT2D eigenvalue weighted by Gasteiger charge is 2.46. The molecule has 0 bridgehead atoms. The van der Waals surface area contributed by atoms with Crippen LogP contribution in [0.2, 0.25) is 0 Å². The number of fused-ring (bicyclic) bond motifs is 6. The van der Waals surface area contributed by atoms with Crippen molar-refractivity contribution in [3.05, 3.63) is 137 Å². The average Bonchev–Trinajstić information content (AvgIpc) is 4.04. The molecule has 0 saturated carbocycles. The first-order valence-corrected chi connectivity index (χ1v) is 30.7. The molecular weight excluding hydrogens is 1070 g/mol. The summed E-state index contributed by atoms with van der Waals surface area (Å²) in [5.41, 5.74) is 4.37. The van der Waals surface area contributed by atoms with E-state index in [1.54, 1.807) is 36.4 Å². The predicted octanol–water partition coefficient (Wildman–Crippen LogP) is 8.06. The smallest absolute Gasteiger partial charge is 0.333 e. The lowest BCUT2D eigenvalue weighted by molar-refractivity contribution is -0.437. The highest BCUT2D eigenvalue weighted by atomic mass is 32.2. The zero-order valence-electron chi connectivity index (χ0n) is 42.5. The van der Waals surface area contributed by atoms with E-state index in [0.717, 1.165) is 5.56 Å². The van der Waals surface area contributed by atoms with Gasteiger partial charge in [0, 0.05) is 77.5 Å². The largest absolute Gasteiger partial charge is 0.344 e. The number of imide groups is 1. The van der Waals surface area contributed by atoms with Crippen LogP contribution in [0, 0.1) is 0 Å². The molecule has 23 heteroatoms. The Morgan fingerprint density at radius 2 is 1.26 bits per heavy atom. The van der Waals surface area contributed by atoms with Crippen LogP contribution in [0.5, 0.6) is 0 Å². The molecule has 2 amide bonds. The molecule has 5 aromatic carbocycles. The third-order valence-electron chi connectivity index (χ3n) is 14.2. The lowest BCUT2D eigenvalue weighted by Crippen LogP contribution is -2.31. The number of hydrogen-bond donors (Lipinski definition) is 4. The molecular formula is C54H58N3O16S4+. The fourth-order valence-corrected chi connectivity index (χ4v) is 13.2. The van der Waals surface area contributed by atoms with Gasteiger partial charge in [0.25, 0.3) is 52.3 Å². The summed E-state index contributed by atoms with van der Waals surface area (Å²) in [6.45, 7) is 7.92. The second-order valence-electron chi connectivity index (χ2n) is 20.2. The first-order valence-electron chi connectivity index (χ1n) is 24.6. The molecule has 77 heavy (non-hydrogen) atoms.